The molecule has 0 spiro atoms. The van der Waals surface area contributed by atoms with Gasteiger partial charge in [-0.1, -0.05) is 43.3 Å². The molecule has 1 N–H and O–H groups in total. The molecule has 100 valence electrons. The minimum absolute atomic E-state index is 0.272. The van der Waals surface area contributed by atoms with Gasteiger partial charge in [-0.2, -0.15) is 0 Å². The molecule has 0 saturated heterocycles. The molecule has 2 aromatic carbocycles. The number of rotatable bonds is 5. The van der Waals surface area contributed by atoms with Gasteiger partial charge in [-0.05, 0) is 23.7 Å². The van der Waals surface area contributed by atoms with Gasteiger partial charge in [0.25, 0.3) is 0 Å². The van der Waals surface area contributed by atoms with Crippen molar-refractivity contribution in [1.82, 2.24) is 5.32 Å². The molecule has 0 atom stereocenters. The lowest BCUT2D eigenvalue weighted by Gasteiger charge is -2.08. The molecule has 0 unspecified atom stereocenters. The number of benzene rings is 2. The van der Waals surface area contributed by atoms with Crippen molar-refractivity contribution in [1.29, 1.82) is 0 Å². The summed E-state index contributed by atoms with van der Waals surface area (Å²) in [5.74, 6) is -0.0429. The Morgan fingerprint density at radius 1 is 1.11 bits per heavy atom. The fraction of sp³-hybridized carbons (Fsp3) is 0.250. The summed E-state index contributed by atoms with van der Waals surface area (Å²) in [6.45, 7) is 3.84. The second kappa shape index (κ2) is 6.34. The first-order valence-electron chi connectivity index (χ1n) is 6.38. The lowest BCUT2D eigenvalue weighted by Crippen LogP contribution is -2.11. The molecule has 0 aliphatic heterocycles. The van der Waals surface area contributed by atoms with Crippen LogP contribution in [-0.4, -0.2) is 13.7 Å². The molecule has 0 aliphatic carbocycles. The Bertz CT molecular complexity index is 537. The lowest BCUT2D eigenvalue weighted by atomic mass is 10.0. The largest absolute Gasteiger partial charge is 0.494 e. The van der Waals surface area contributed by atoms with E-state index in [1.165, 1.54) is 12.7 Å². The predicted molar refractivity (Wildman–Crippen MR) is 75.8 cm³/mol. The maximum atomic E-state index is 14.1. The highest BCUT2D eigenvalue weighted by Crippen LogP contribution is 2.28. The zero-order valence-electron chi connectivity index (χ0n) is 11.2. The van der Waals surface area contributed by atoms with E-state index >= 15 is 0 Å². The second-order valence-corrected chi connectivity index (χ2v) is 4.30. The molecule has 0 saturated carbocycles. The SMILES string of the molecule is CCNCc1ccc(-c2cccc(OC)c2F)cc1. The molecule has 2 aromatic rings. The Labute approximate surface area is 113 Å². The maximum absolute atomic E-state index is 14.1. The van der Waals surface area contributed by atoms with Crippen molar-refractivity contribution >= 4 is 0 Å². The second-order valence-electron chi connectivity index (χ2n) is 4.30. The highest BCUT2D eigenvalue weighted by molar-refractivity contribution is 5.66. The van der Waals surface area contributed by atoms with E-state index in [9.17, 15) is 4.39 Å². The Morgan fingerprint density at radius 2 is 1.84 bits per heavy atom. The van der Waals surface area contributed by atoms with Crippen LogP contribution >= 0.6 is 0 Å². The van der Waals surface area contributed by atoms with Crippen LogP contribution in [0.3, 0.4) is 0 Å². The summed E-state index contributed by atoms with van der Waals surface area (Å²) in [6.07, 6.45) is 0. The van der Waals surface area contributed by atoms with E-state index in [1.807, 2.05) is 24.3 Å². The quantitative estimate of drug-likeness (QED) is 0.885. The topological polar surface area (TPSA) is 21.3 Å². The van der Waals surface area contributed by atoms with E-state index in [0.29, 0.717) is 5.56 Å². The molecule has 0 aromatic heterocycles. The minimum Gasteiger partial charge on any atom is -0.494 e. The van der Waals surface area contributed by atoms with Crippen LogP contribution in [0, 0.1) is 5.82 Å². The third-order valence-corrected chi connectivity index (χ3v) is 3.03. The summed E-state index contributed by atoms with van der Waals surface area (Å²) in [5, 5.41) is 3.26. The lowest BCUT2D eigenvalue weighted by molar-refractivity contribution is 0.387. The Hall–Kier alpha value is -1.87. The summed E-state index contributed by atoms with van der Waals surface area (Å²) in [7, 11) is 1.47. The minimum atomic E-state index is -0.315. The monoisotopic (exact) mass is 259 g/mol. The van der Waals surface area contributed by atoms with Crippen molar-refractivity contribution in [2.45, 2.75) is 13.5 Å². The molecule has 0 amide bonds. The van der Waals surface area contributed by atoms with Crippen molar-refractivity contribution < 1.29 is 9.13 Å². The average Bonchev–Trinajstić information content (AvgIpc) is 2.46. The Kier molecular flexibility index (Phi) is 4.53. The molecule has 3 heteroatoms. The third kappa shape index (κ3) is 3.12. The van der Waals surface area contributed by atoms with Gasteiger partial charge < -0.3 is 10.1 Å². The number of hydrogen-bond acceptors (Lipinski definition) is 2. The van der Waals surface area contributed by atoms with E-state index in [0.717, 1.165) is 18.7 Å². The standard InChI is InChI=1S/C16H18FNO/c1-3-18-11-12-7-9-13(10-8-12)14-5-4-6-15(19-2)16(14)17/h4-10,18H,3,11H2,1-2H3. The molecule has 2 nitrogen and oxygen atoms in total. The first-order valence-corrected chi connectivity index (χ1v) is 6.38. The van der Waals surface area contributed by atoms with Crippen molar-refractivity contribution in [2.75, 3.05) is 13.7 Å². The van der Waals surface area contributed by atoms with E-state index in [4.69, 9.17) is 4.74 Å². The fourth-order valence-electron chi connectivity index (χ4n) is 1.96. The van der Waals surface area contributed by atoms with Crippen LogP contribution in [0.1, 0.15) is 12.5 Å². The van der Waals surface area contributed by atoms with Gasteiger partial charge in [0.15, 0.2) is 11.6 Å². The molecular weight excluding hydrogens is 241 g/mol. The highest BCUT2D eigenvalue weighted by atomic mass is 19.1. The zero-order chi connectivity index (χ0) is 13.7. The van der Waals surface area contributed by atoms with Gasteiger partial charge in [-0.3, -0.25) is 0 Å². The molecule has 0 fully saturated rings. The van der Waals surface area contributed by atoms with Crippen LogP contribution < -0.4 is 10.1 Å². The summed E-state index contributed by atoms with van der Waals surface area (Å²) < 4.78 is 19.1. The van der Waals surface area contributed by atoms with E-state index in [2.05, 4.69) is 12.2 Å². The molecular formula is C16H18FNO. The molecule has 0 radical (unpaired) electrons. The molecule has 0 heterocycles. The summed E-state index contributed by atoms with van der Waals surface area (Å²) in [4.78, 5) is 0. The first-order chi connectivity index (χ1) is 9.26. The fourth-order valence-corrected chi connectivity index (χ4v) is 1.96. The predicted octanol–water partition coefficient (Wildman–Crippen LogP) is 3.61. The van der Waals surface area contributed by atoms with Crippen molar-refractivity contribution in [3.05, 3.63) is 53.8 Å². The van der Waals surface area contributed by atoms with Crippen molar-refractivity contribution in [3.63, 3.8) is 0 Å². The molecule has 0 bridgehead atoms. The molecule has 2 rings (SSSR count). The van der Waals surface area contributed by atoms with Crippen molar-refractivity contribution in [3.8, 4) is 16.9 Å². The van der Waals surface area contributed by atoms with Crippen LogP contribution in [0.4, 0.5) is 4.39 Å². The molecule has 0 aliphatic rings. The van der Waals surface area contributed by atoms with Crippen LogP contribution in [-0.2, 0) is 6.54 Å². The highest BCUT2D eigenvalue weighted by Gasteiger charge is 2.09. The van der Waals surface area contributed by atoms with Gasteiger partial charge in [-0.25, -0.2) is 4.39 Å². The van der Waals surface area contributed by atoms with Crippen LogP contribution in [0.25, 0.3) is 11.1 Å². The smallest absolute Gasteiger partial charge is 0.172 e. The van der Waals surface area contributed by atoms with Gasteiger partial charge >= 0.3 is 0 Å². The Morgan fingerprint density at radius 3 is 2.47 bits per heavy atom. The van der Waals surface area contributed by atoms with Crippen LogP contribution in [0.15, 0.2) is 42.5 Å². The third-order valence-electron chi connectivity index (χ3n) is 3.03. The number of methoxy groups -OCH3 is 1. The number of halogens is 1. The maximum Gasteiger partial charge on any atom is 0.172 e. The first kappa shape index (κ1) is 13.6. The van der Waals surface area contributed by atoms with Gasteiger partial charge in [0.2, 0.25) is 0 Å². The van der Waals surface area contributed by atoms with Gasteiger partial charge in [0, 0.05) is 12.1 Å². The van der Waals surface area contributed by atoms with E-state index < -0.39 is 0 Å². The zero-order valence-corrected chi connectivity index (χ0v) is 11.2. The number of hydrogen-bond donors (Lipinski definition) is 1. The van der Waals surface area contributed by atoms with Gasteiger partial charge in [0.05, 0.1) is 7.11 Å². The number of ether oxygens (including phenoxy) is 1. The van der Waals surface area contributed by atoms with E-state index in [1.54, 1.807) is 18.2 Å². The molecule has 19 heavy (non-hydrogen) atoms. The van der Waals surface area contributed by atoms with Crippen LogP contribution in [0.5, 0.6) is 5.75 Å². The van der Waals surface area contributed by atoms with E-state index in [-0.39, 0.29) is 11.6 Å². The average molecular weight is 259 g/mol. The number of nitrogens with one attached hydrogen (secondary N) is 1. The normalized spacial score (nSPS) is 10.5. The van der Waals surface area contributed by atoms with Crippen molar-refractivity contribution in [2.24, 2.45) is 0 Å². The van der Waals surface area contributed by atoms with Gasteiger partial charge in [0.1, 0.15) is 0 Å². The van der Waals surface area contributed by atoms with Crippen LogP contribution in [0.2, 0.25) is 0 Å². The Balaban J connectivity index is 2.27. The summed E-state index contributed by atoms with van der Waals surface area (Å²) in [6, 6.07) is 13.1. The summed E-state index contributed by atoms with van der Waals surface area (Å²) >= 11 is 0. The summed E-state index contributed by atoms with van der Waals surface area (Å²) in [5.41, 5.74) is 2.61. The van der Waals surface area contributed by atoms with Gasteiger partial charge in [-0.15, -0.1) is 0 Å².